The predicted octanol–water partition coefficient (Wildman–Crippen LogP) is 1.10. The molecule has 0 spiro atoms. The van der Waals surface area contributed by atoms with Gasteiger partial charge < -0.3 is 9.36 Å². The highest BCUT2D eigenvalue weighted by molar-refractivity contribution is 6.65. The van der Waals surface area contributed by atoms with Crippen molar-refractivity contribution >= 4 is 13.9 Å². The Kier molecular flexibility index (Phi) is 3.92. The zero-order valence-electron chi connectivity index (χ0n) is 8.66. The molecular formula is C11H15NOSi. The van der Waals surface area contributed by atoms with Gasteiger partial charge in [0.25, 0.3) is 0 Å². The van der Waals surface area contributed by atoms with Gasteiger partial charge in [0.1, 0.15) is 0 Å². The Morgan fingerprint density at radius 1 is 1.43 bits per heavy atom. The van der Waals surface area contributed by atoms with Gasteiger partial charge in [-0.05, 0) is 25.4 Å². The Morgan fingerprint density at radius 2 is 2.07 bits per heavy atom. The molecule has 0 saturated heterocycles. The summed E-state index contributed by atoms with van der Waals surface area (Å²) in [6, 6.07) is 7.82. The van der Waals surface area contributed by atoms with E-state index in [2.05, 4.69) is 11.5 Å². The predicted molar refractivity (Wildman–Crippen MR) is 60.1 cm³/mol. The van der Waals surface area contributed by atoms with Crippen LogP contribution >= 0.6 is 0 Å². The normalized spacial score (nSPS) is 10.2. The maximum absolute atomic E-state index is 11.7. The van der Waals surface area contributed by atoms with Crippen molar-refractivity contribution in [2.24, 2.45) is 0 Å². The Balaban J connectivity index is 3.02. The van der Waals surface area contributed by atoms with Crippen LogP contribution in [0.25, 0.3) is 0 Å². The molecule has 1 aromatic rings. The SMILES string of the molecule is C=C[Si](=O)c1ccccc1CN(C)C. The summed E-state index contributed by atoms with van der Waals surface area (Å²) in [6.45, 7) is 4.40. The van der Waals surface area contributed by atoms with Gasteiger partial charge in [-0.2, -0.15) is 0 Å². The molecule has 0 bridgehead atoms. The summed E-state index contributed by atoms with van der Waals surface area (Å²) >= 11 is 0. The van der Waals surface area contributed by atoms with Crippen LogP contribution in [0.15, 0.2) is 36.5 Å². The summed E-state index contributed by atoms with van der Waals surface area (Å²) < 4.78 is 11.7. The minimum Gasteiger partial charge on any atom is -0.377 e. The van der Waals surface area contributed by atoms with Crippen LogP contribution in [0, 0.1) is 0 Å². The third kappa shape index (κ3) is 2.72. The van der Waals surface area contributed by atoms with Gasteiger partial charge in [-0.15, -0.1) is 6.58 Å². The van der Waals surface area contributed by atoms with E-state index in [9.17, 15) is 4.46 Å². The summed E-state index contributed by atoms with van der Waals surface area (Å²) in [7, 11) is 2.21. The fourth-order valence-corrected chi connectivity index (χ4v) is 2.31. The van der Waals surface area contributed by atoms with Gasteiger partial charge in [0, 0.05) is 11.7 Å². The monoisotopic (exact) mass is 205 g/mol. The molecule has 0 aliphatic rings. The first-order valence-corrected chi connectivity index (χ1v) is 6.03. The van der Waals surface area contributed by atoms with Crippen molar-refractivity contribution in [2.45, 2.75) is 6.54 Å². The van der Waals surface area contributed by atoms with Crippen LogP contribution in [0.3, 0.4) is 0 Å². The van der Waals surface area contributed by atoms with Crippen LogP contribution in [-0.4, -0.2) is 27.7 Å². The lowest BCUT2D eigenvalue weighted by atomic mass is 10.2. The molecule has 3 heteroatoms. The van der Waals surface area contributed by atoms with Gasteiger partial charge >= 0.3 is 8.68 Å². The number of hydrogen-bond donors (Lipinski definition) is 0. The minimum absolute atomic E-state index is 0.820. The second-order valence-corrected chi connectivity index (χ2v) is 5.14. The smallest absolute Gasteiger partial charge is 0.338 e. The first kappa shape index (κ1) is 11.0. The molecule has 0 aliphatic heterocycles. The molecule has 0 aromatic heterocycles. The highest BCUT2D eigenvalue weighted by Crippen LogP contribution is 1.99. The number of benzene rings is 1. The van der Waals surface area contributed by atoms with Crippen molar-refractivity contribution in [3.63, 3.8) is 0 Å². The molecule has 0 heterocycles. The Bertz CT molecular complexity index is 347. The van der Waals surface area contributed by atoms with E-state index in [0.29, 0.717) is 0 Å². The average molecular weight is 205 g/mol. The Morgan fingerprint density at radius 3 is 2.64 bits per heavy atom. The van der Waals surface area contributed by atoms with E-state index in [1.807, 2.05) is 38.4 Å². The van der Waals surface area contributed by atoms with Gasteiger partial charge in [-0.1, -0.05) is 24.3 Å². The molecule has 0 unspecified atom stereocenters. The third-order valence-electron chi connectivity index (χ3n) is 1.95. The fourth-order valence-electron chi connectivity index (χ4n) is 1.35. The molecule has 1 aromatic carbocycles. The fraction of sp³-hybridized carbons (Fsp3) is 0.273. The molecule has 1 rings (SSSR count). The first-order valence-electron chi connectivity index (χ1n) is 4.54. The molecule has 14 heavy (non-hydrogen) atoms. The lowest BCUT2D eigenvalue weighted by molar-refractivity contribution is 0.403. The van der Waals surface area contributed by atoms with Gasteiger partial charge in [-0.3, -0.25) is 0 Å². The van der Waals surface area contributed by atoms with Crippen LogP contribution < -0.4 is 5.19 Å². The molecule has 0 fully saturated rings. The minimum atomic E-state index is -1.79. The molecule has 0 amide bonds. The maximum atomic E-state index is 11.7. The Labute approximate surface area is 86.5 Å². The second kappa shape index (κ2) is 4.98. The van der Waals surface area contributed by atoms with Crippen molar-refractivity contribution in [1.29, 1.82) is 0 Å². The molecule has 0 aliphatic carbocycles. The van der Waals surface area contributed by atoms with Gasteiger partial charge in [0.05, 0.1) is 0 Å². The lowest BCUT2D eigenvalue weighted by Gasteiger charge is -2.11. The van der Waals surface area contributed by atoms with E-state index in [0.717, 1.165) is 17.3 Å². The van der Waals surface area contributed by atoms with Gasteiger partial charge in [0.15, 0.2) is 0 Å². The van der Waals surface area contributed by atoms with Crippen LogP contribution in [0.2, 0.25) is 0 Å². The molecule has 74 valence electrons. The summed E-state index contributed by atoms with van der Waals surface area (Å²) in [5, 5.41) is 0.932. The van der Waals surface area contributed by atoms with Crippen molar-refractivity contribution in [2.75, 3.05) is 14.1 Å². The molecule has 0 atom stereocenters. The van der Waals surface area contributed by atoms with Crippen LogP contribution in [0.1, 0.15) is 5.56 Å². The van der Waals surface area contributed by atoms with Gasteiger partial charge in [0.2, 0.25) is 0 Å². The molecular weight excluding hydrogens is 190 g/mol. The maximum Gasteiger partial charge on any atom is 0.338 e. The highest BCUT2D eigenvalue weighted by Gasteiger charge is 2.09. The van der Waals surface area contributed by atoms with E-state index in [1.165, 1.54) is 0 Å². The van der Waals surface area contributed by atoms with E-state index in [1.54, 1.807) is 5.70 Å². The number of hydrogen-bond acceptors (Lipinski definition) is 2. The lowest BCUT2D eigenvalue weighted by Crippen LogP contribution is -2.26. The third-order valence-corrected chi connectivity index (χ3v) is 3.34. The second-order valence-electron chi connectivity index (χ2n) is 3.46. The van der Waals surface area contributed by atoms with E-state index < -0.39 is 8.68 Å². The summed E-state index contributed by atoms with van der Waals surface area (Å²) in [5.74, 6) is 0. The number of rotatable bonds is 4. The summed E-state index contributed by atoms with van der Waals surface area (Å²) in [6.07, 6.45) is 0. The zero-order valence-corrected chi connectivity index (χ0v) is 9.66. The van der Waals surface area contributed by atoms with Crippen LogP contribution in [0.5, 0.6) is 0 Å². The molecule has 0 N–H and O–H groups in total. The number of nitrogens with zero attached hydrogens (tertiary/aromatic N) is 1. The van der Waals surface area contributed by atoms with Gasteiger partial charge in [-0.25, -0.2) is 0 Å². The van der Waals surface area contributed by atoms with Crippen molar-refractivity contribution in [3.8, 4) is 0 Å². The van der Waals surface area contributed by atoms with Crippen molar-refractivity contribution < 1.29 is 4.46 Å². The first-order chi connectivity index (χ1) is 6.65. The summed E-state index contributed by atoms with van der Waals surface area (Å²) in [4.78, 5) is 2.07. The molecule has 0 saturated carbocycles. The van der Waals surface area contributed by atoms with Crippen LogP contribution in [0.4, 0.5) is 0 Å². The zero-order chi connectivity index (χ0) is 10.6. The topological polar surface area (TPSA) is 20.3 Å². The van der Waals surface area contributed by atoms with Crippen molar-refractivity contribution in [1.82, 2.24) is 4.90 Å². The highest BCUT2D eigenvalue weighted by atomic mass is 28.3. The van der Waals surface area contributed by atoms with Crippen LogP contribution in [-0.2, 0) is 11.0 Å². The van der Waals surface area contributed by atoms with E-state index in [4.69, 9.17) is 0 Å². The van der Waals surface area contributed by atoms with E-state index in [-0.39, 0.29) is 0 Å². The van der Waals surface area contributed by atoms with E-state index >= 15 is 0 Å². The standard InChI is InChI=1S/C11H15NOSi/c1-4-14(13)11-8-6-5-7-10(11)9-12(2)3/h4-8H,1,9H2,2-3H3. The molecule has 2 nitrogen and oxygen atoms in total. The molecule has 0 radical (unpaired) electrons. The quantitative estimate of drug-likeness (QED) is 0.686. The van der Waals surface area contributed by atoms with Crippen molar-refractivity contribution in [3.05, 3.63) is 42.1 Å². The Hall–Kier alpha value is -1.06. The summed E-state index contributed by atoms with van der Waals surface area (Å²) in [5.41, 5.74) is 2.67. The average Bonchev–Trinajstić information content (AvgIpc) is 2.16. The largest absolute Gasteiger partial charge is 0.377 e.